The monoisotopic (exact) mass is 366 g/mol. The zero-order chi connectivity index (χ0) is 18.8. The molecule has 0 bridgehead atoms. The van der Waals surface area contributed by atoms with Crippen molar-refractivity contribution in [2.75, 3.05) is 23.8 Å². The van der Waals surface area contributed by atoms with E-state index >= 15 is 0 Å². The Labute approximate surface area is 157 Å². The zero-order valence-electron chi connectivity index (χ0n) is 15.2. The maximum absolute atomic E-state index is 12.7. The largest absolute Gasteiger partial charge is 0.493 e. The molecular formula is C21H22N2O4. The van der Waals surface area contributed by atoms with Crippen LogP contribution in [0.4, 0.5) is 11.4 Å². The summed E-state index contributed by atoms with van der Waals surface area (Å²) >= 11 is 0. The highest BCUT2D eigenvalue weighted by Crippen LogP contribution is 2.32. The van der Waals surface area contributed by atoms with E-state index < -0.39 is 6.10 Å². The predicted molar refractivity (Wildman–Crippen MR) is 102 cm³/mol. The van der Waals surface area contributed by atoms with E-state index in [1.54, 1.807) is 12.1 Å². The number of hydrogen-bond donors (Lipinski definition) is 2. The van der Waals surface area contributed by atoms with Gasteiger partial charge in [0.15, 0.2) is 0 Å². The highest BCUT2D eigenvalue weighted by Gasteiger charge is 2.24. The van der Waals surface area contributed by atoms with Gasteiger partial charge in [0, 0.05) is 35.5 Å². The van der Waals surface area contributed by atoms with Gasteiger partial charge in [-0.2, -0.15) is 0 Å². The minimum Gasteiger partial charge on any atom is -0.493 e. The molecule has 6 heteroatoms. The fraction of sp³-hybridized carbons (Fsp3) is 0.333. The van der Waals surface area contributed by atoms with E-state index in [-0.39, 0.29) is 11.8 Å². The molecule has 1 saturated heterocycles. The van der Waals surface area contributed by atoms with Gasteiger partial charge in [-0.05, 0) is 49.6 Å². The van der Waals surface area contributed by atoms with Crippen LogP contribution in [0.1, 0.15) is 34.3 Å². The Hall–Kier alpha value is -2.86. The van der Waals surface area contributed by atoms with Crippen molar-refractivity contribution in [3.63, 3.8) is 0 Å². The maximum Gasteiger partial charge on any atom is 0.255 e. The van der Waals surface area contributed by atoms with Crippen molar-refractivity contribution in [1.82, 2.24) is 0 Å². The lowest BCUT2D eigenvalue weighted by Crippen LogP contribution is -2.27. The van der Waals surface area contributed by atoms with Crippen LogP contribution in [0.2, 0.25) is 0 Å². The molecule has 2 aromatic carbocycles. The number of anilines is 2. The predicted octanol–water partition coefficient (Wildman–Crippen LogP) is 3.30. The topological polar surface area (TPSA) is 76.7 Å². The van der Waals surface area contributed by atoms with E-state index in [0.29, 0.717) is 24.5 Å². The number of aryl methyl sites for hydroxylation is 1. The Morgan fingerprint density at radius 1 is 1.07 bits per heavy atom. The lowest BCUT2D eigenvalue weighted by Gasteiger charge is -2.14. The first-order chi connectivity index (χ1) is 13.1. The fourth-order valence-electron chi connectivity index (χ4n) is 3.43. The summed E-state index contributed by atoms with van der Waals surface area (Å²) in [5, 5.41) is 5.85. The normalized spacial score (nSPS) is 17.9. The molecule has 140 valence electrons. The molecule has 2 amide bonds. The quantitative estimate of drug-likeness (QED) is 0.870. The molecule has 0 aliphatic carbocycles. The van der Waals surface area contributed by atoms with Gasteiger partial charge < -0.3 is 20.1 Å². The number of hydrogen-bond acceptors (Lipinski definition) is 4. The summed E-state index contributed by atoms with van der Waals surface area (Å²) in [6.45, 7) is 3.14. The van der Waals surface area contributed by atoms with Crippen molar-refractivity contribution in [1.29, 1.82) is 0 Å². The van der Waals surface area contributed by atoms with E-state index in [1.165, 1.54) is 0 Å². The lowest BCUT2D eigenvalue weighted by atomic mass is 10.1. The highest BCUT2D eigenvalue weighted by molar-refractivity contribution is 6.06. The number of rotatable bonds is 4. The average molecular weight is 366 g/mol. The molecule has 0 radical (unpaired) electrons. The van der Waals surface area contributed by atoms with Gasteiger partial charge in [-0.25, -0.2) is 0 Å². The van der Waals surface area contributed by atoms with Gasteiger partial charge >= 0.3 is 0 Å². The van der Waals surface area contributed by atoms with Gasteiger partial charge in [-0.1, -0.05) is 12.1 Å². The second-order valence-corrected chi connectivity index (χ2v) is 6.86. The second kappa shape index (κ2) is 7.40. The molecule has 2 aromatic rings. The van der Waals surface area contributed by atoms with Crippen LogP contribution in [0.5, 0.6) is 5.75 Å². The Morgan fingerprint density at radius 3 is 2.78 bits per heavy atom. The average Bonchev–Trinajstić information content (AvgIpc) is 3.35. The van der Waals surface area contributed by atoms with Crippen molar-refractivity contribution in [2.24, 2.45) is 0 Å². The van der Waals surface area contributed by atoms with Crippen molar-refractivity contribution in [3.8, 4) is 5.75 Å². The van der Waals surface area contributed by atoms with Gasteiger partial charge in [0.25, 0.3) is 11.8 Å². The second-order valence-electron chi connectivity index (χ2n) is 6.86. The van der Waals surface area contributed by atoms with Gasteiger partial charge in [-0.3, -0.25) is 9.59 Å². The molecule has 0 aromatic heterocycles. The summed E-state index contributed by atoms with van der Waals surface area (Å²) in [5.41, 5.74) is 3.79. The number of carbonyl (C=O) groups excluding carboxylic acids is 2. The molecule has 27 heavy (non-hydrogen) atoms. The summed E-state index contributed by atoms with van der Waals surface area (Å²) in [6, 6.07) is 10.9. The van der Waals surface area contributed by atoms with Crippen molar-refractivity contribution >= 4 is 23.2 Å². The first-order valence-electron chi connectivity index (χ1n) is 9.21. The molecule has 0 spiro atoms. The maximum atomic E-state index is 12.7. The molecule has 0 unspecified atom stereocenters. The number of benzene rings is 2. The first-order valence-corrected chi connectivity index (χ1v) is 9.21. The van der Waals surface area contributed by atoms with Gasteiger partial charge in [0.2, 0.25) is 0 Å². The smallest absolute Gasteiger partial charge is 0.255 e. The standard InChI is InChI=1S/C21H22N2O4/c1-13-7-8-14(12-17(13)23-21(25)19-6-3-10-26-19)20(24)22-16-4-2-5-18-15(16)9-11-27-18/h2,4-5,7-8,12,19H,3,6,9-11H2,1H3,(H,22,24)(H,23,25)/t19-/m1/s1. The Morgan fingerprint density at radius 2 is 1.96 bits per heavy atom. The molecule has 6 nitrogen and oxygen atoms in total. The molecular weight excluding hydrogens is 344 g/mol. The van der Waals surface area contributed by atoms with Crippen LogP contribution < -0.4 is 15.4 Å². The zero-order valence-corrected chi connectivity index (χ0v) is 15.2. The van der Waals surface area contributed by atoms with E-state index in [4.69, 9.17) is 9.47 Å². The number of amides is 2. The van der Waals surface area contributed by atoms with Gasteiger partial charge in [0.05, 0.1) is 6.61 Å². The molecule has 1 fully saturated rings. The van der Waals surface area contributed by atoms with E-state index in [1.807, 2.05) is 31.2 Å². The van der Waals surface area contributed by atoms with Gasteiger partial charge in [-0.15, -0.1) is 0 Å². The van der Waals surface area contributed by atoms with Crippen LogP contribution in [0, 0.1) is 6.92 Å². The summed E-state index contributed by atoms with van der Waals surface area (Å²) in [4.78, 5) is 25.0. The van der Waals surface area contributed by atoms with E-state index in [9.17, 15) is 9.59 Å². The van der Waals surface area contributed by atoms with Crippen LogP contribution in [0.15, 0.2) is 36.4 Å². The van der Waals surface area contributed by atoms with Crippen LogP contribution >= 0.6 is 0 Å². The minimum atomic E-state index is -0.409. The SMILES string of the molecule is Cc1ccc(C(=O)Nc2cccc3c2CCO3)cc1NC(=O)[C@H]1CCCO1. The van der Waals surface area contributed by atoms with E-state index in [0.717, 1.165) is 41.8 Å². The molecule has 1 atom stereocenters. The third-order valence-corrected chi connectivity index (χ3v) is 4.97. The number of fused-ring (bicyclic) bond motifs is 1. The van der Waals surface area contributed by atoms with Gasteiger partial charge in [0.1, 0.15) is 11.9 Å². The number of nitrogens with one attached hydrogen (secondary N) is 2. The molecule has 2 N–H and O–H groups in total. The van der Waals surface area contributed by atoms with Crippen LogP contribution in [0.3, 0.4) is 0 Å². The van der Waals surface area contributed by atoms with Crippen molar-refractivity contribution in [2.45, 2.75) is 32.3 Å². The van der Waals surface area contributed by atoms with Crippen molar-refractivity contribution < 1.29 is 19.1 Å². The van der Waals surface area contributed by atoms with Crippen molar-refractivity contribution in [3.05, 3.63) is 53.1 Å². The molecule has 2 aliphatic heterocycles. The third kappa shape index (κ3) is 3.66. The Kier molecular flexibility index (Phi) is 4.81. The van der Waals surface area contributed by atoms with E-state index in [2.05, 4.69) is 10.6 Å². The fourth-order valence-corrected chi connectivity index (χ4v) is 3.43. The number of carbonyl (C=O) groups is 2. The summed E-state index contributed by atoms with van der Waals surface area (Å²) < 4.78 is 11.0. The Bertz CT molecular complexity index is 888. The molecule has 2 aliphatic rings. The van der Waals surface area contributed by atoms with Crippen LogP contribution in [-0.2, 0) is 16.0 Å². The summed E-state index contributed by atoms with van der Waals surface area (Å²) in [6.07, 6.45) is 1.99. The summed E-state index contributed by atoms with van der Waals surface area (Å²) in [7, 11) is 0. The molecule has 0 saturated carbocycles. The molecule has 4 rings (SSSR count). The third-order valence-electron chi connectivity index (χ3n) is 4.97. The van der Waals surface area contributed by atoms with Crippen LogP contribution in [0.25, 0.3) is 0 Å². The Balaban J connectivity index is 1.51. The number of ether oxygens (including phenoxy) is 2. The molecule has 2 heterocycles. The first kappa shape index (κ1) is 17.5. The lowest BCUT2D eigenvalue weighted by molar-refractivity contribution is -0.124. The van der Waals surface area contributed by atoms with Crippen LogP contribution in [-0.4, -0.2) is 31.1 Å². The minimum absolute atomic E-state index is 0.161. The highest BCUT2D eigenvalue weighted by atomic mass is 16.5. The summed E-state index contributed by atoms with van der Waals surface area (Å²) in [5.74, 6) is 0.440.